The lowest BCUT2D eigenvalue weighted by Crippen LogP contribution is -2.45. The van der Waals surface area contributed by atoms with Crippen LogP contribution < -0.4 is 10.6 Å². The Kier molecular flexibility index (Phi) is 4.77. The van der Waals surface area contributed by atoms with Gasteiger partial charge in [-0.15, -0.1) is 5.10 Å². The molecule has 0 bridgehead atoms. The predicted molar refractivity (Wildman–Crippen MR) is 103 cm³/mol. The lowest BCUT2D eigenvalue weighted by atomic mass is 9.88. The number of urea groups is 1. The Morgan fingerprint density at radius 2 is 1.89 bits per heavy atom. The Morgan fingerprint density at radius 1 is 1.14 bits per heavy atom. The number of halogens is 1. The maximum atomic E-state index is 13.3. The van der Waals surface area contributed by atoms with Gasteiger partial charge in [-0.05, 0) is 65.6 Å². The number of amides is 2. The zero-order valence-corrected chi connectivity index (χ0v) is 15.5. The average molecular weight is 380 g/mol. The number of nitrogens with one attached hydrogen (secondary N) is 2. The van der Waals surface area contributed by atoms with Crippen LogP contribution in [0.15, 0.2) is 48.8 Å². The van der Waals surface area contributed by atoms with Crippen LogP contribution in [0.1, 0.15) is 36.8 Å². The van der Waals surface area contributed by atoms with Gasteiger partial charge in [-0.25, -0.2) is 13.9 Å². The van der Waals surface area contributed by atoms with E-state index in [-0.39, 0.29) is 11.8 Å². The van der Waals surface area contributed by atoms with Gasteiger partial charge in [0.2, 0.25) is 0 Å². The highest BCUT2D eigenvalue weighted by molar-refractivity contribution is 5.91. The van der Waals surface area contributed by atoms with Crippen LogP contribution in [0.5, 0.6) is 0 Å². The van der Waals surface area contributed by atoms with E-state index in [0.717, 1.165) is 42.5 Å². The Labute approximate surface area is 162 Å². The first-order valence-corrected chi connectivity index (χ1v) is 9.25. The third-order valence-electron chi connectivity index (χ3n) is 5.29. The Bertz CT molecular complexity index is 965. The van der Waals surface area contributed by atoms with Crippen LogP contribution in [0, 0.1) is 12.7 Å². The quantitative estimate of drug-likeness (QED) is 0.723. The lowest BCUT2D eigenvalue weighted by molar-refractivity contribution is 0.236. The van der Waals surface area contributed by atoms with Crippen molar-refractivity contribution >= 4 is 11.7 Å². The zero-order valence-electron chi connectivity index (χ0n) is 15.5. The summed E-state index contributed by atoms with van der Waals surface area (Å²) in [7, 11) is 0. The summed E-state index contributed by atoms with van der Waals surface area (Å²) in [5, 5.41) is 17.2. The number of anilines is 1. The van der Waals surface area contributed by atoms with E-state index in [1.54, 1.807) is 12.1 Å². The molecule has 144 valence electrons. The van der Waals surface area contributed by atoms with Crippen molar-refractivity contribution in [3.63, 3.8) is 0 Å². The maximum absolute atomic E-state index is 13.3. The van der Waals surface area contributed by atoms with Gasteiger partial charge in [-0.3, -0.25) is 0 Å². The lowest BCUT2D eigenvalue weighted by Gasteiger charge is -2.31. The Balaban J connectivity index is 1.55. The topological polar surface area (TPSA) is 84.7 Å². The van der Waals surface area contributed by atoms with Crippen molar-refractivity contribution in [1.29, 1.82) is 0 Å². The molecule has 0 radical (unpaired) electrons. The van der Waals surface area contributed by atoms with E-state index in [9.17, 15) is 9.18 Å². The van der Waals surface area contributed by atoms with E-state index in [1.165, 1.54) is 23.1 Å². The first-order valence-electron chi connectivity index (χ1n) is 9.25. The van der Waals surface area contributed by atoms with Crippen molar-refractivity contribution in [1.82, 2.24) is 25.5 Å². The first kappa shape index (κ1) is 18.1. The van der Waals surface area contributed by atoms with E-state index in [1.807, 2.05) is 25.1 Å². The van der Waals surface area contributed by atoms with Gasteiger partial charge in [0.05, 0.1) is 11.2 Å². The summed E-state index contributed by atoms with van der Waals surface area (Å²) in [6.45, 7) is 1.92. The van der Waals surface area contributed by atoms with E-state index in [2.05, 4.69) is 26.2 Å². The number of benzene rings is 2. The van der Waals surface area contributed by atoms with Gasteiger partial charge in [0.25, 0.3) is 0 Å². The van der Waals surface area contributed by atoms with Crippen molar-refractivity contribution < 1.29 is 9.18 Å². The smallest absolute Gasteiger partial charge is 0.319 e. The molecule has 4 rings (SSSR count). The minimum atomic E-state index is -0.473. The summed E-state index contributed by atoms with van der Waals surface area (Å²) >= 11 is 0. The molecule has 2 aromatic carbocycles. The summed E-state index contributed by atoms with van der Waals surface area (Å²) in [4.78, 5) is 12.8. The van der Waals surface area contributed by atoms with E-state index < -0.39 is 5.54 Å². The van der Waals surface area contributed by atoms with Crippen LogP contribution in [0.25, 0.3) is 5.69 Å². The van der Waals surface area contributed by atoms with Crippen molar-refractivity contribution in [3.8, 4) is 5.69 Å². The molecule has 1 fully saturated rings. The standard InChI is InChI=1S/C20H21FN6O/c1-14-4-9-17(27-13-22-25-26-27)12-18(14)23-19(28)24-20(10-2-3-11-20)15-5-7-16(21)8-6-15/h4-9,12-13H,2-3,10-11H2,1H3,(H2,23,24,28). The van der Waals surface area contributed by atoms with Crippen LogP contribution in [0.4, 0.5) is 14.9 Å². The molecule has 3 aromatic rings. The third-order valence-corrected chi connectivity index (χ3v) is 5.29. The predicted octanol–water partition coefficient (Wildman–Crippen LogP) is 3.70. The van der Waals surface area contributed by atoms with Gasteiger partial charge >= 0.3 is 6.03 Å². The zero-order chi connectivity index (χ0) is 19.6. The molecule has 1 aliphatic carbocycles. The van der Waals surface area contributed by atoms with Crippen molar-refractivity contribution in [3.05, 3.63) is 65.7 Å². The number of carbonyl (C=O) groups excluding carboxylic acids is 1. The highest BCUT2D eigenvalue weighted by Gasteiger charge is 2.37. The second kappa shape index (κ2) is 7.38. The second-order valence-corrected chi connectivity index (χ2v) is 7.13. The molecule has 1 saturated carbocycles. The summed E-state index contributed by atoms with van der Waals surface area (Å²) in [5.41, 5.74) is 2.81. The number of aryl methyl sites for hydroxylation is 1. The summed E-state index contributed by atoms with van der Waals surface area (Å²) in [5.74, 6) is -0.281. The molecule has 0 aliphatic heterocycles. The van der Waals surface area contributed by atoms with E-state index >= 15 is 0 Å². The molecule has 0 unspecified atom stereocenters. The van der Waals surface area contributed by atoms with E-state index in [0.29, 0.717) is 5.69 Å². The molecule has 1 heterocycles. The molecule has 2 N–H and O–H groups in total. The highest BCUT2D eigenvalue weighted by atomic mass is 19.1. The number of hydrogen-bond acceptors (Lipinski definition) is 4. The monoisotopic (exact) mass is 380 g/mol. The van der Waals surface area contributed by atoms with Crippen molar-refractivity contribution in [2.75, 3.05) is 5.32 Å². The summed E-state index contributed by atoms with van der Waals surface area (Å²) in [6, 6.07) is 11.7. The van der Waals surface area contributed by atoms with Crippen molar-refractivity contribution in [2.45, 2.75) is 38.1 Å². The van der Waals surface area contributed by atoms with Gasteiger partial charge in [-0.2, -0.15) is 0 Å². The van der Waals surface area contributed by atoms with E-state index in [4.69, 9.17) is 0 Å². The number of hydrogen-bond donors (Lipinski definition) is 2. The van der Waals surface area contributed by atoms with Gasteiger partial charge in [0, 0.05) is 5.69 Å². The second-order valence-electron chi connectivity index (χ2n) is 7.13. The van der Waals surface area contributed by atoms with Crippen LogP contribution in [0.3, 0.4) is 0 Å². The van der Waals surface area contributed by atoms with Crippen molar-refractivity contribution in [2.24, 2.45) is 0 Å². The third kappa shape index (κ3) is 3.58. The van der Waals surface area contributed by atoms with Crippen LogP contribution in [0.2, 0.25) is 0 Å². The minimum Gasteiger partial charge on any atom is -0.328 e. The minimum absolute atomic E-state index is 0.281. The average Bonchev–Trinajstić information content (AvgIpc) is 3.37. The Morgan fingerprint density at radius 3 is 2.57 bits per heavy atom. The summed E-state index contributed by atoms with van der Waals surface area (Å²) < 4.78 is 14.9. The number of carbonyl (C=O) groups is 1. The molecule has 7 nitrogen and oxygen atoms in total. The fraction of sp³-hybridized carbons (Fsp3) is 0.300. The van der Waals surface area contributed by atoms with Gasteiger partial charge < -0.3 is 10.6 Å². The molecule has 8 heteroatoms. The van der Waals surface area contributed by atoms with Crippen LogP contribution >= 0.6 is 0 Å². The molecule has 1 aromatic heterocycles. The fourth-order valence-electron chi connectivity index (χ4n) is 3.77. The molecule has 2 amide bonds. The molecule has 0 spiro atoms. The molecule has 0 saturated heterocycles. The van der Waals surface area contributed by atoms with Gasteiger partial charge in [0.15, 0.2) is 0 Å². The highest BCUT2D eigenvalue weighted by Crippen LogP contribution is 2.39. The largest absolute Gasteiger partial charge is 0.328 e. The molecule has 0 atom stereocenters. The number of aromatic nitrogens is 4. The normalized spacial score (nSPS) is 15.4. The number of tetrazole rings is 1. The molecular weight excluding hydrogens is 359 g/mol. The summed E-state index contributed by atoms with van der Waals surface area (Å²) in [6.07, 6.45) is 5.19. The van der Waals surface area contributed by atoms with Gasteiger partial charge in [0.1, 0.15) is 12.1 Å². The number of rotatable bonds is 4. The number of nitrogens with zero attached hydrogens (tertiary/aromatic N) is 4. The first-order chi connectivity index (χ1) is 13.6. The molecular formula is C20H21FN6O. The molecule has 28 heavy (non-hydrogen) atoms. The van der Waals surface area contributed by atoms with Gasteiger partial charge in [-0.1, -0.05) is 31.0 Å². The SMILES string of the molecule is Cc1ccc(-n2cnnn2)cc1NC(=O)NC1(c2ccc(F)cc2)CCCC1. The fourth-order valence-corrected chi connectivity index (χ4v) is 3.77. The maximum Gasteiger partial charge on any atom is 0.319 e. The Hall–Kier alpha value is -3.29. The molecule has 1 aliphatic rings. The van der Waals surface area contributed by atoms with Crippen LogP contribution in [-0.2, 0) is 5.54 Å². The van der Waals surface area contributed by atoms with Crippen LogP contribution in [-0.4, -0.2) is 26.2 Å².